The number of rotatable bonds is 3. The van der Waals surface area contributed by atoms with Crippen molar-refractivity contribution in [2.45, 2.75) is 64.8 Å². The fraction of sp³-hybridized carbons (Fsp3) is 0.476. The maximum Gasteiger partial charge on any atom is 0.0822 e. The third-order valence-corrected chi connectivity index (χ3v) is 5.52. The first-order valence-corrected chi connectivity index (χ1v) is 8.46. The number of nitriles is 1. The second kappa shape index (κ2) is 5.27. The van der Waals surface area contributed by atoms with Crippen LogP contribution in [-0.2, 0) is 23.8 Å². The predicted octanol–water partition coefficient (Wildman–Crippen LogP) is 4.81. The van der Waals surface area contributed by atoms with Gasteiger partial charge in [-0.15, -0.1) is 0 Å². The smallest absolute Gasteiger partial charge is 0.0822 e. The van der Waals surface area contributed by atoms with E-state index in [2.05, 4.69) is 75.6 Å². The van der Waals surface area contributed by atoms with Crippen LogP contribution in [0.2, 0.25) is 0 Å². The number of benzene rings is 1. The van der Waals surface area contributed by atoms with Crippen LogP contribution in [0.5, 0.6) is 0 Å². The van der Waals surface area contributed by atoms with Crippen LogP contribution >= 0.6 is 0 Å². The second-order valence-electron chi connectivity index (χ2n) is 7.81. The van der Waals surface area contributed by atoms with Gasteiger partial charge in [-0.25, -0.2) is 0 Å². The second-order valence-corrected chi connectivity index (χ2v) is 7.81. The van der Waals surface area contributed by atoms with E-state index in [-0.39, 0.29) is 10.8 Å². The fourth-order valence-corrected chi connectivity index (χ4v) is 4.76. The lowest BCUT2D eigenvalue weighted by atomic mass is 9.80. The monoisotopic (exact) mass is 306 g/mol. The molecule has 0 bridgehead atoms. The van der Waals surface area contributed by atoms with Crippen molar-refractivity contribution in [3.8, 4) is 6.07 Å². The Hall–Kier alpha value is -2.01. The molecule has 1 heterocycles. The first kappa shape index (κ1) is 15.9. The summed E-state index contributed by atoms with van der Waals surface area (Å²) in [6, 6.07) is 13.2. The molecule has 1 aliphatic rings. The summed E-state index contributed by atoms with van der Waals surface area (Å²) in [5.41, 5.74) is 6.41. The highest BCUT2D eigenvalue weighted by Gasteiger charge is 2.49. The number of aryl methyl sites for hydroxylation is 1. The third-order valence-electron chi connectivity index (χ3n) is 5.52. The van der Waals surface area contributed by atoms with Gasteiger partial charge in [0.05, 0.1) is 11.5 Å². The van der Waals surface area contributed by atoms with Gasteiger partial charge in [-0.1, -0.05) is 44.2 Å². The van der Waals surface area contributed by atoms with E-state index in [4.69, 9.17) is 0 Å². The van der Waals surface area contributed by atoms with Crippen molar-refractivity contribution < 1.29 is 0 Å². The molecular formula is C21H26N2. The molecule has 0 aliphatic heterocycles. The fourth-order valence-electron chi connectivity index (χ4n) is 4.76. The van der Waals surface area contributed by atoms with E-state index in [0.29, 0.717) is 0 Å². The number of aromatic nitrogens is 1. The largest absolute Gasteiger partial charge is 0.348 e. The van der Waals surface area contributed by atoms with E-state index in [1.54, 1.807) is 0 Å². The topological polar surface area (TPSA) is 28.7 Å². The van der Waals surface area contributed by atoms with Crippen LogP contribution in [0.1, 0.15) is 55.3 Å². The Balaban J connectivity index is 2.02. The van der Waals surface area contributed by atoms with E-state index in [1.807, 2.05) is 0 Å². The SMILES string of the molecule is Cc1c2c(c(C)n1CCc1ccccc1)C(C)(C#N)CC2(C)C. The van der Waals surface area contributed by atoms with Crippen molar-refractivity contribution in [3.05, 3.63) is 58.4 Å². The van der Waals surface area contributed by atoms with Crippen LogP contribution in [-0.4, -0.2) is 4.57 Å². The first-order chi connectivity index (χ1) is 10.8. The van der Waals surface area contributed by atoms with E-state index in [9.17, 15) is 5.26 Å². The highest BCUT2D eigenvalue weighted by molar-refractivity contribution is 5.55. The summed E-state index contributed by atoms with van der Waals surface area (Å²) in [7, 11) is 0. The summed E-state index contributed by atoms with van der Waals surface area (Å²) in [4.78, 5) is 0. The average molecular weight is 306 g/mol. The van der Waals surface area contributed by atoms with Gasteiger partial charge < -0.3 is 4.57 Å². The Kier molecular flexibility index (Phi) is 3.64. The van der Waals surface area contributed by atoms with Crippen molar-refractivity contribution in [3.63, 3.8) is 0 Å². The summed E-state index contributed by atoms with van der Waals surface area (Å²) in [6.07, 6.45) is 1.95. The van der Waals surface area contributed by atoms with Gasteiger partial charge in [0.15, 0.2) is 0 Å². The summed E-state index contributed by atoms with van der Waals surface area (Å²) < 4.78 is 2.42. The van der Waals surface area contributed by atoms with Crippen LogP contribution < -0.4 is 0 Å². The van der Waals surface area contributed by atoms with Crippen LogP contribution in [0.25, 0.3) is 0 Å². The van der Waals surface area contributed by atoms with Gasteiger partial charge in [-0.3, -0.25) is 0 Å². The Labute approximate surface area is 139 Å². The first-order valence-electron chi connectivity index (χ1n) is 8.46. The molecule has 23 heavy (non-hydrogen) atoms. The average Bonchev–Trinajstić information content (AvgIpc) is 2.90. The molecule has 0 fully saturated rings. The van der Waals surface area contributed by atoms with E-state index < -0.39 is 0 Å². The number of fused-ring (bicyclic) bond motifs is 1. The normalized spacial score (nSPS) is 21.9. The molecule has 120 valence electrons. The van der Waals surface area contributed by atoms with Gasteiger partial charge >= 0.3 is 0 Å². The minimum Gasteiger partial charge on any atom is -0.348 e. The summed E-state index contributed by atoms with van der Waals surface area (Å²) in [5, 5.41) is 9.78. The molecule has 1 aromatic heterocycles. The zero-order chi connectivity index (χ0) is 16.8. The standard InChI is InChI=1S/C21H26N2/c1-15-18-19(21(5,14-22)13-20(18,3)4)16(2)23(15)12-11-17-9-7-6-8-10-17/h6-10H,11-13H2,1-5H3. The zero-order valence-electron chi connectivity index (χ0n) is 14.9. The molecule has 2 heteroatoms. The minimum atomic E-state index is -0.355. The molecule has 0 radical (unpaired) electrons. The number of nitrogens with zero attached hydrogens (tertiary/aromatic N) is 2. The Morgan fingerprint density at radius 1 is 1.04 bits per heavy atom. The van der Waals surface area contributed by atoms with Gasteiger partial charge in [0.1, 0.15) is 0 Å². The third kappa shape index (κ3) is 2.39. The van der Waals surface area contributed by atoms with Gasteiger partial charge in [0.25, 0.3) is 0 Å². The molecule has 0 amide bonds. The van der Waals surface area contributed by atoms with Gasteiger partial charge in [0, 0.05) is 17.9 Å². The van der Waals surface area contributed by atoms with Gasteiger partial charge in [0.2, 0.25) is 0 Å². The van der Waals surface area contributed by atoms with Crippen molar-refractivity contribution in [2.75, 3.05) is 0 Å². The Morgan fingerprint density at radius 3 is 2.26 bits per heavy atom. The van der Waals surface area contributed by atoms with Crippen molar-refractivity contribution in [1.82, 2.24) is 4.57 Å². The molecular weight excluding hydrogens is 280 g/mol. The highest BCUT2D eigenvalue weighted by Crippen LogP contribution is 2.52. The van der Waals surface area contributed by atoms with E-state index in [0.717, 1.165) is 19.4 Å². The molecule has 1 aromatic carbocycles. The summed E-state index contributed by atoms with van der Waals surface area (Å²) >= 11 is 0. The lowest BCUT2D eigenvalue weighted by molar-refractivity contribution is 0.431. The molecule has 2 aromatic rings. The summed E-state index contributed by atoms with van der Waals surface area (Å²) in [6.45, 7) is 12.1. The molecule has 1 unspecified atom stereocenters. The quantitative estimate of drug-likeness (QED) is 0.800. The van der Waals surface area contributed by atoms with Crippen molar-refractivity contribution in [2.24, 2.45) is 0 Å². The number of hydrogen-bond donors (Lipinski definition) is 0. The molecule has 2 nitrogen and oxygen atoms in total. The summed E-state index contributed by atoms with van der Waals surface area (Å²) in [5.74, 6) is 0. The van der Waals surface area contributed by atoms with Crippen molar-refractivity contribution >= 4 is 0 Å². The Morgan fingerprint density at radius 2 is 1.65 bits per heavy atom. The lowest BCUT2D eigenvalue weighted by Gasteiger charge is -2.24. The van der Waals surface area contributed by atoms with Crippen LogP contribution in [0, 0.1) is 25.2 Å². The van der Waals surface area contributed by atoms with Crippen LogP contribution in [0.15, 0.2) is 30.3 Å². The molecule has 0 N–H and O–H groups in total. The molecule has 0 saturated carbocycles. The molecule has 0 saturated heterocycles. The number of hydrogen-bond acceptors (Lipinski definition) is 1. The molecule has 1 aliphatic carbocycles. The van der Waals surface area contributed by atoms with Crippen LogP contribution in [0.4, 0.5) is 0 Å². The molecule has 3 rings (SSSR count). The maximum atomic E-state index is 9.78. The maximum absolute atomic E-state index is 9.78. The minimum absolute atomic E-state index is 0.0760. The van der Waals surface area contributed by atoms with Gasteiger partial charge in [-0.05, 0) is 55.7 Å². The van der Waals surface area contributed by atoms with Gasteiger partial charge in [-0.2, -0.15) is 5.26 Å². The van der Waals surface area contributed by atoms with Crippen LogP contribution in [0.3, 0.4) is 0 Å². The predicted molar refractivity (Wildman–Crippen MR) is 94.7 cm³/mol. The molecule has 1 atom stereocenters. The Bertz CT molecular complexity index is 774. The van der Waals surface area contributed by atoms with E-state index >= 15 is 0 Å². The molecule has 0 spiro atoms. The highest BCUT2D eigenvalue weighted by atomic mass is 15.0. The lowest BCUT2D eigenvalue weighted by Crippen LogP contribution is -2.23. The van der Waals surface area contributed by atoms with Crippen molar-refractivity contribution in [1.29, 1.82) is 5.26 Å². The zero-order valence-corrected chi connectivity index (χ0v) is 14.9. The van der Waals surface area contributed by atoms with E-state index in [1.165, 1.54) is 28.1 Å².